The van der Waals surface area contributed by atoms with Crippen molar-refractivity contribution in [2.45, 2.75) is 47.9 Å². The molecule has 2 aromatic rings. The molecular formula is C20H23IO2. The normalized spacial score (nSPS) is 25.9. The summed E-state index contributed by atoms with van der Waals surface area (Å²) in [4.78, 5) is 0. The lowest BCUT2D eigenvalue weighted by Crippen LogP contribution is -2.38. The molecule has 0 aromatic heterocycles. The number of rotatable bonds is 3. The van der Waals surface area contributed by atoms with Crippen molar-refractivity contribution in [3.8, 4) is 11.5 Å². The molecule has 1 aliphatic carbocycles. The minimum Gasteiger partial charge on any atom is -0.508 e. The molecule has 122 valence electrons. The van der Waals surface area contributed by atoms with Gasteiger partial charge in [-0.3, -0.25) is 0 Å². The van der Waals surface area contributed by atoms with Crippen LogP contribution in [0, 0.1) is 0 Å². The number of alkyl halides is 1. The summed E-state index contributed by atoms with van der Waals surface area (Å²) in [6.07, 6.45) is 4.72. The molecule has 0 spiro atoms. The molecule has 2 nitrogen and oxygen atoms in total. The SMILES string of the molecule is CC(I)C1(c2ccc(O)cc2)CCCC(c2ccc(O)cc2)C1. The molecule has 0 amide bonds. The molecule has 1 fully saturated rings. The quantitative estimate of drug-likeness (QED) is 0.506. The third-order valence-electron chi connectivity index (χ3n) is 5.35. The maximum Gasteiger partial charge on any atom is 0.115 e. The summed E-state index contributed by atoms with van der Waals surface area (Å²) in [7, 11) is 0. The van der Waals surface area contributed by atoms with E-state index in [0.29, 0.717) is 21.3 Å². The van der Waals surface area contributed by atoms with Gasteiger partial charge in [-0.15, -0.1) is 0 Å². The average Bonchev–Trinajstić information content (AvgIpc) is 2.56. The maximum atomic E-state index is 9.61. The highest BCUT2D eigenvalue weighted by Gasteiger charge is 2.41. The van der Waals surface area contributed by atoms with E-state index >= 15 is 0 Å². The Bertz CT molecular complexity index is 648. The number of halogens is 1. The van der Waals surface area contributed by atoms with Gasteiger partial charge in [0.1, 0.15) is 11.5 Å². The molecule has 1 aliphatic rings. The highest BCUT2D eigenvalue weighted by atomic mass is 127. The van der Waals surface area contributed by atoms with Gasteiger partial charge in [-0.1, -0.05) is 60.2 Å². The first-order valence-corrected chi connectivity index (χ1v) is 9.48. The van der Waals surface area contributed by atoms with Gasteiger partial charge in [0, 0.05) is 9.34 Å². The van der Waals surface area contributed by atoms with E-state index in [1.54, 1.807) is 24.3 Å². The van der Waals surface area contributed by atoms with Crippen molar-refractivity contribution < 1.29 is 10.2 Å². The van der Waals surface area contributed by atoms with E-state index in [1.807, 2.05) is 0 Å². The lowest BCUT2D eigenvalue weighted by atomic mass is 9.63. The topological polar surface area (TPSA) is 40.5 Å². The van der Waals surface area contributed by atoms with Crippen LogP contribution in [0.25, 0.3) is 0 Å². The van der Waals surface area contributed by atoms with Crippen molar-refractivity contribution in [1.29, 1.82) is 0 Å². The van der Waals surface area contributed by atoms with E-state index in [2.05, 4.69) is 53.8 Å². The number of phenols is 2. The van der Waals surface area contributed by atoms with Gasteiger partial charge in [0.2, 0.25) is 0 Å². The van der Waals surface area contributed by atoms with Crippen LogP contribution in [0.15, 0.2) is 48.5 Å². The predicted molar refractivity (Wildman–Crippen MR) is 103 cm³/mol. The van der Waals surface area contributed by atoms with E-state index in [-0.39, 0.29) is 5.41 Å². The summed E-state index contributed by atoms with van der Waals surface area (Å²) in [5.74, 6) is 1.18. The Balaban J connectivity index is 1.94. The smallest absolute Gasteiger partial charge is 0.115 e. The van der Waals surface area contributed by atoms with Crippen LogP contribution in [0.4, 0.5) is 0 Å². The van der Waals surface area contributed by atoms with Crippen LogP contribution >= 0.6 is 22.6 Å². The van der Waals surface area contributed by atoms with Crippen LogP contribution in [-0.4, -0.2) is 14.1 Å². The van der Waals surface area contributed by atoms with Gasteiger partial charge in [0.25, 0.3) is 0 Å². The van der Waals surface area contributed by atoms with E-state index in [4.69, 9.17) is 0 Å². The van der Waals surface area contributed by atoms with Crippen molar-refractivity contribution in [1.82, 2.24) is 0 Å². The van der Waals surface area contributed by atoms with Crippen molar-refractivity contribution >= 4 is 22.6 Å². The van der Waals surface area contributed by atoms with Gasteiger partial charge < -0.3 is 10.2 Å². The molecule has 1 saturated carbocycles. The van der Waals surface area contributed by atoms with E-state index in [0.717, 1.165) is 6.42 Å². The maximum absolute atomic E-state index is 9.61. The van der Waals surface area contributed by atoms with E-state index in [9.17, 15) is 10.2 Å². The van der Waals surface area contributed by atoms with Gasteiger partial charge >= 0.3 is 0 Å². The summed E-state index contributed by atoms with van der Waals surface area (Å²) >= 11 is 2.56. The third kappa shape index (κ3) is 3.35. The second-order valence-electron chi connectivity index (χ2n) is 6.70. The Hall–Kier alpha value is -1.23. The van der Waals surface area contributed by atoms with Gasteiger partial charge in [-0.05, 0) is 60.6 Å². The molecule has 3 heteroatoms. The molecular weight excluding hydrogens is 399 g/mol. The lowest BCUT2D eigenvalue weighted by Gasteiger charge is -2.44. The molecule has 3 unspecified atom stereocenters. The first kappa shape index (κ1) is 16.6. The highest BCUT2D eigenvalue weighted by molar-refractivity contribution is 14.1. The second kappa shape index (κ2) is 6.71. The molecule has 3 rings (SSSR count). The molecule has 2 aromatic carbocycles. The summed E-state index contributed by atoms with van der Waals surface area (Å²) in [5.41, 5.74) is 2.80. The van der Waals surface area contributed by atoms with Gasteiger partial charge in [0.15, 0.2) is 0 Å². The molecule has 3 atom stereocenters. The van der Waals surface area contributed by atoms with Crippen LogP contribution in [-0.2, 0) is 5.41 Å². The highest BCUT2D eigenvalue weighted by Crippen LogP contribution is 2.50. The Morgan fingerprint density at radius 3 is 2.13 bits per heavy atom. The fraction of sp³-hybridized carbons (Fsp3) is 0.400. The predicted octanol–water partition coefficient (Wildman–Crippen LogP) is 5.52. The van der Waals surface area contributed by atoms with Crippen LogP contribution in [0.3, 0.4) is 0 Å². The van der Waals surface area contributed by atoms with E-state index in [1.165, 1.54) is 30.4 Å². The first-order valence-electron chi connectivity index (χ1n) is 8.24. The number of hydrogen-bond donors (Lipinski definition) is 2. The molecule has 0 saturated heterocycles. The van der Waals surface area contributed by atoms with Crippen molar-refractivity contribution in [3.05, 3.63) is 59.7 Å². The van der Waals surface area contributed by atoms with Gasteiger partial charge in [0.05, 0.1) is 0 Å². The molecule has 0 aliphatic heterocycles. The number of hydrogen-bond acceptors (Lipinski definition) is 2. The first-order chi connectivity index (χ1) is 11.0. The molecule has 23 heavy (non-hydrogen) atoms. The van der Waals surface area contributed by atoms with Gasteiger partial charge in [-0.25, -0.2) is 0 Å². The fourth-order valence-electron chi connectivity index (χ4n) is 3.99. The monoisotopic (exact) mass is 422 g/mol. The van der Waals surface area contributed by atoms with Crippen LogP contribution < -0.4 is 0 Å². The van der Waals surface area contributed by atoms with Crippen LogP contribution in [0.5, 0.6) is 11.5 Å². The molecule has 0 heterocycles. The fourth-order valence-corrected chi connectivity index (χ4v) is 4.91. The van der Waals surface area contributed by atoms with Crippen LogP contribution in [0.1, 0.15) is 49.7 Å². The zero-order chi connectivity index (χ0) is 16.4. The Kier molecular flexibility index (Phi) is 4.85. The Labute approximate surface area is 151 Å². The minimum absolute atomic E-state index is 0.148. The summed E-state index contributed by atoms with van der Waals surface area (Å²) < 4.78 is 0.518. The molecule has 2 N–H and O–H groups in total. The minimum atomic E-state index is 0.148. The van der Waals surface area contributed by atoms with Gasteiger partial charge in [-0.2, -0.15) is 0 Å². The van der Waals surface area contributed by atoms with Crippen molar-refractivity contribution in [2.24, 2.45) is 0 Å². The average molecular weight is 422 g/mol. The third-order valence-corrected chi connectivity index (χ3v) is 6.55. The molecule has 0 bridgehead atoms. The van der Waals surface area contributed by atoms with Crippen molar-refractivity contribution in [3.63, 3.8) is 0 Å². The van der Waals surface area contributed by atoms with Crippen LogP contribution in [0.2, 0.25) is 0 Å². The van der Waals surface area contributed by atoms with Crippen molar-refractivity contribution in [2.75, 3.05) is 0 Å². The number of aromatic hydroxyl groups is 2. The standard InChI is InChI=1S/C20H23IO2/c1-14(21)20(17-6-10-19(23)11-7-17)12-2-3-16(13-20)15-4-8-18(22)9-5-15/h4-11,14,16,22-23H,2-3,12-13H2,1H3. The Morgan fingerprint density at radius 2 is 1.57 bits per heavy atom. The summed E-state index contributed by atoms with van der Waals surface area (Å²) in [6.45, 7) is 2.30. The summed E-state index contributed by atoms with van der Waals surface area (Å²) in [6, 6.07) is 15.5. The summed E-state index contributed by atoms with van der Waals surface area (Å²) in [5, 5.41) is 19.1. The number of phenolic OH excluding ortho intramolecular Hbond substituents is 2. The second-order valence-corrected chi connectivity index (χ2v) is 8.57. The Morgan fingerprint density at radius 1 is 1.00 bits per heavy atom. The largest absolute Gasteiger partial charge is 0.508 e. The van der Waals surface area contributed by atoms with E-state index < -0.39 is 0 Å². The zero-order valence-electron chi connectivity index (χ0n) is 13.4. The number of benzene rings is 2. The zero-order valence-corrected chi connectivity index (χ0v) is 15.5. The lowest BCUT2D eigenvalue weighted by molar-refractivity contribution is 0.268. The molecule has 0 radical (unpaired) electrons.